The Bertz CT molecular complexity index is 1340. The number of nitrogens with one attached hydrogen (secondary N) is 1. The van der Waals surface area contributed by atoms with Gasteiger partial charge in [-0.2, -0.15) is 0 Å². The molecule has 7 nitrogen and oxygen atoms in total. The highest BCUT2D eigenvalue weighted by atomic mass is 16.2. The summed E-state index contributed by atoms with van der Waals surface area (Å²) in [5.41, 5.74) is 4.32. The lowest BCUT2D eigenvalue weighted by Crippen LogP contribution is -2.24. The number of hydrogen-bond donors (Lipinski definition) is 1. The molecule has 0 atom stereocenters. The third-order valence-corrected chi connectivity index (χ3v) is 5.21. The standard InChI is InChI=1S/C23H16N4O3/c1-26-22(29)17-11-6-14(12-18(17)23(26)30)21(28)25-15-7-9-16(10-8-15)27-13-24-19-4-2-3-5-20(19)27/h2-13H,1H3,(H,25,28). The summed E-state index contributed by atoms with van der Waals surface area (Å²) in [5.74, 6) is -1.11. The molecular formula is C23H16N4O3. The van der Waals surface area contributed by atoms with E-state index in [1.54, 1.807) is 24.5 Å². The molecule has 146 valence electrons. The number of amides is 3. The Labute approximate surface area is 171 Å². The van der Waals surface area contributed by atoms with Crippen molar-refractivity contribution < 1.29 is 14.4 Å². The molecule has 1 aromatic heterocycles. The smallest absolute Gasteiger partial charge is 0.261 e. The number of anilines is 1. The minimum atomic E-state index is -0.401. The minimum Gasteiger partial charge on any atom is -0.322 e. The van der Waals surface area contributed by atoms with Crippen LogP contribution in [-0.2, 0) is 0 Å². The van der Waals surface area contributed by atoms with Crippen LogP contribution in [0.1, 0.15) is 31.1 Å². The van der Waals surface area contributed by atoms with E-state index in [0.717, 1.165) is 21.6 Å². The second-order valence-electron chi connectivity index (χ2n) is 7.03. The Balaban J connectivity index is 1.37. The van der Waals surface area contributed by atoms with E-state index in [-0.39, 0.29) is 17.4 Å². The zero-order valence-electron chi connectivity index (χ0n) is 16.0. The molecule has 0 saturated heterocycles. The maximum atomic E-state index is 12.6. The number of fused-ring (bicyclic) bond motifs is 2. The van der Waals surface area contributed by atoms with Crippen molar-refractivity contribution in [3.8, 4) is 5.69 Å². The van der Waals surface area contributed by atoms with E-state index in [4.69, 9.17) is 0 Å². The number of carbonyl (C=O) groups excluding carboxylic acids is 3. The van der Waals surface area contributed by atoms with E-state index in [9.17, 15) is 14.4 Å². The lowest BCUT2D eigenvalue weighted by Gasteiger charge is -2.08. The summed E-state index contributed by atoms with van der Waals surface area (Å²) < 4.78 is 1.97. The number of para-hydroxylation sites is 2. The summed E-state index contributed by atoms with van der Waals surface area (Å²) in [6, 6.07) is 19.8. The Hall–Kier alpha value is -4.26. The zero-order valence-corrected chi connectivity index (χ0v) is 16.0. The molecule has 0 bridgehead atoms. The van der Waals surface area contributed by atoms with Crippen LogP contribution in [0.4, 0.5) is 5.69 Å². The van der Waals surface area contributed by atoms with Crippen LogP contribution in [0, 0.1) is 0 Å². The summed E-state index contributed by atoms with van der Waals surface area (Å²) in [5, 5.41) is 2.82. The number of nitrogens with zero attached hydrogens (tertiary/aromatic N) is 3. The molecule has 0 fully saturated rings. The number of imidazole rings is 1. The lowest BCUT2D eigenvalue weighted by atomic mass is 10.1. The van der Waals surface area contributed by atoms with E-state index in [0.29, 0.717) is 16.8 Å². The van der Waals surface area contributed by atoms with Gasteiger partial charge in [0.1, 0.15) is 6.33 Å². The predicted molar refractivity (Wildman–Crippen MR) is 112 cm³/mol. The van der Waals surface area contributed by atoms with Crippen molar-refractivity contribution in [3.05, 3.63) is 89.7 Å². The van der Waals surface area contributed by atoms with Crippen LogP contribution in [0.2, 0.25) is 0 Å². The van der Waals surface area contributed by atoms with Crippen LogP contribution >= 0.6 is 0 Å². The number of benzene rings is 3. The van der Waals surface area contributed by atoms with Crippen molar-refractivity contribution in [1.82, 2.24) is 14.5 Å². The average molecular weight is 396 g/mol. The number of rotatable bonds is 3. The Kier molecular flexibility index (Phi) is 3.96. The van der Waals surface area contributed by atoms with Gasteiger partial charge in [0.15, 0.2) is 0 Å². The van der Waals surface area contributed by atoms with Crippen LogP contribution in [0.15, 0.2) is 73.1 Å². The monoisotopic (exact) mass is 396 g/mol. The molecule has 0 aliphatic carbocycles. The van der Waals surface area contributed by atoms with E-state index in [2.05, 4.69) is 10.3 Å². The van der Waals surface area contributed by atoms with Crippen molar-refractivity contribution in [2.24, 2.45) is 0 Å². The topological polar surface area (TPSA) is 84.3 Å². The summed E-state index contributed by atoms with van der Waals surface area (Å²) >= 11 is 0. The van der Waals surface area contributed by atoms with Crippen LogP contribution in [0.3, 0.4) is 0 Å². The molecule has 2 heterocycles. The van der Waals surface area contributed by atoms with Crippen LogP contribution in [0.25, 0.3) is 16.7 Å². The van der Waals surface area contributed by atoms with Gasteiger partial charge in [-0.05, 0) is 54.6 Å². The molecular weight excluding hydrogens is 380 g/mol. The number of imide groups is 1. The van der Waals surface area contributed by atoms with Crippen molar-refractivity contribution in [3.63, 3.8) is 0 Å². The number of hydrogen-bond acceptors (Lipinski definition) is 4. The molecule has 1 N–H and O–H groups in total. The van der Waals surface area contributed by atoms with Crippen molar-refractivity contribution in [2.45, 2.75) is 0 Å². The quantitative estimate of drug-likeness (QED) is 0.537. The number of carbonyl (C=O) groups is 3. The Morgan fingerprint density at radius 3 is 2.43 bits per heavy atom. The maximum Gasteiger partial charge on any atom is 0.261 e. The van der Waals surface area contributed by atoms with Crippen LogP contribution < -0.4 is 5.32 Å². The van der Waals surface area contributed by atoms with Gasteiger partial charge >= 0.3 is 0 Å². The van der Waals surface area contributed by atoms with Gasteiger partial charge in [-0.3, -0.25) is 23.9 Å². The fourth-order valence-corrected chi connectivity index (χ4v) is 3.58. The summed E-state index contributed by atoms with van der Waals surface area (Å²) in [7, 11) is 1.43. The third-order valence-electron chi connectivity index (χ3n) is 5.21. The first-order valence-corrected chi connectivity index (χ1v) is 9.33. The van der Waals surface area contributed by atoms with E-state index >= 15 is 0 Å². The molecule has 1 aliphatic rings. The molecule has 0 unspecified atom stereocenters. The molecule has 0 spiro atoms. The summed E-state index contributed by atoms with van der Waals surface area (Å²) in [6.07, 6.45) is 1.76. The second-order valence-corrected chi connectivity index (χ2v) is 7.03. The molecule has 5 rings (SSSR count). The molecule has 0 radical (unpaired) electrons. The highest BCUT2D eigenvalue weighted by Crippen LogP contribution is 2.24. The molecule has 3 amide bonds. The summed E-state index contributed by atoms with van der Waals surface area (Å²) in [6.45, 7) is 0. The molecule has 30 heavy (non-hydrogen) atoms. The van der Waals surface area contributed by atoms with E-state index in [1.807, 2.05) is 41.0 Å². The molecule has 1 aliphatic heterocycles. The third kappa shape index (κ3) is 2.76. The fraction of sp³-hybridized carbons (Fsp3) is 0.0435. The second kappa shape index (κ2) is 6.66. The van der Waals surface area contributed by atoms with Crippen molar-refractivity contribution >= 4 is 34.4 Å². The van der Waals surface area contributed by atoms with Crippen LogP contribution in [-0.4, -0.2) is 39.2 Å². The highest BCUT2D eigenvalue weighted by molar-refractivity contribution is 6.22. The minimum absolute atomic E-state index is 0.248. The first-order chi connectivity index (χ1) is 14.5. The molecule has 3 aromatic carbocycles. The highest BCUT2D eigenvalue weighted by Gasteiger charge is 2.33. The van der Waals surface area contributed by atoms with Gasteiger partial charge in [0.25, 0.3) is 17.7 Å². The van der Waals surface area contributed by atoms with Crippen molar-refractivity contribution in [1.29, 1.82) is 0 Å². The van der Waals surface area contributed by atoms with Gasteiger partial charge in [0.05, 0.1) is 22.2 Å². The predicted octanol–water partition coefficient (Wildman–Crippen LogP) is 3.50. The number of aromatic nitrogens is 2. The zero-order chi connectivity index (χ0) is 20.8. The van der Waals surface area contributed by atoms with Gasteiger partial charge in [-0.25, -0.2) is 4.98 Å². The first-order valence-electron chi connectivity index (χ1n) is 9.33. The van der Waals surface area contributed by atoms with Crippen LogP contribution in [0.5, 0.6) is 0 Å². The Morgan fingerprint density at radius 1 is 0.900 bits per heavy atom. The molecule has 4 aromatic rings. The fourth-order valence-electron chi connectivity index (χ4n) is 3.58. The van der Waals surface area contributed by atoms with E-state index < -0.39 is 5.91 Å². The lowest BCUT2D eigenvalue weighted by molar-refractivity contribution is 0.0693. The summed E-state index contributed by atoms with van der Waals surface area (Å²) in [4.78, 5) is 42.2. The van der Waals surface area contributed by atoms with Gasteiger partial charge < -0.3 is 5.32 Å². The molecule has 7 heteroatoms. The normalized spacial score (nSPS) is 13.0. The van der Waals surface area contributed by atoms with Gasteiger partial charge in [0, 0.05) is 24.0 Å². The Morgan fingerprint density at radius 2 is 1.63 bits per heavy atom. The largest absolute Gasteiger partial charge is 0.322 e. The molecule has 0 saturated carbocycles. The van der Waals surface area contributed by atoms with Gasteiger partial charge in [-0.1, -0.05) is 12.1 Å². The maximum absolute atomic E-state index is 12.6. The van der Waals surface area contributed by atoms with Gasteiger partial charge in [-0.15, -0.1) is 0 Å². The first kappa shape index (κ1) is 17.8. The SMILES string of the molecule is CN1C(=O)c2ccc(C(=O)Nc3ccc(-n4cnc5ccccc54)cc3)cc2C1=O. The van der Waals surface area contributed by atoms with Crippen molar-refractivity contribution in [2.75, 3.05) is 12.4 Å². The van der Waals surface area contributed by atoms with E-state index in [1.165, 1.54) is 19.2 Å². The van der Waals surface area contributed by atoms with Gasteiger partial charge in [0.2, 0.25) is 0 Å². The average Bonchev–Trinajstić information content (AvgIpc) is 3.30.